The molecular formula is C19H31NO2. The average molecular weight is 305 g/mol. The Bertz CT molecular complexity index is 457. The van der Waals surface area contributed by atoms with E-state index in [1.165, 1.54) is 0 Å². The Balaban J connectivity index is 2.62. The number of carbonyl (C=O) groups excluding carboxylic acids is 1. The van der Waals surface area contributed by atoms with Crippen molar-refractivity contribution in [3.63, 3.8) is 0 Å². The first kappa shape index (κ1) is 18.5. The summed E-state index contributed by atoms with van der Waals surface area (Å²) in [4.78, 5) is 12.2. The van der Waals surface area contributed by atoms with Crippen molar-refractivity contribution < 1.29 is 9.90 Å². The molecule has 22 heavy (non-hydrogen) atoms. The van der Waals surface area contributed by atoms with Crippen LogP contribution in [0, 0.1) is 11.3 Å². The van der Waals surface area contributed by atoms with Crippen LogP contribution in [0.1, 0.15) is 65.4 Å². The van der Waals surface area contributed by atoms with Gasteiger partial charge in [0, 0.05) is 13.0 Å². The second-order valence-electron chi connectivity index (χ2n) is 7.60. The molecule has 2 N–H and O–H groups in total. The van der Waals surface area contributed by atoms with Crippen LogP contribution in [-0.2, 0) is 4.79 Å². The molecule has 0 saturated heterocycles. The maximum atomic E-state index is 12.2. The van der Waals surface area contributed by atoms with Crippen molar-refractivity contribution >= 4 is 5.91 Å². The van der Waals surface area contributed by atoms with Gasteiger partial charge in [0.15, 0.2) is 0 Å². The zero-order chi connectivity index (χ0) is 16.8. The van der Waals surface area contributed by atoms with Gasteiger partial charge in [0.05, 0.1) is 0 Å². The minimum Gasteiger partial charge on any atom is -0.508 e. The molecule has 0 bridgehead atoms. The van der Waals surface area contributed by atoms with Gasteiger partial charge >= 0.3 is 0 Å². The molecule has 0 spiro atoms. The summed E-state index contributed by atoms with van der Waals surface area (Å²) in [6.45, 7) is 11.6. The Morgan fingerprint density at radius 1 is 1.18 bits per heavy atom. The molecule has 124 valence electrons. The van der Waals surface area contributed by atoms with Gasteiger partial charge in [-0.25, -0.2) is 0 Å². The average Bonchev–Trinajstić information content (AvgIpc) is 2.41. The Labute approximate surface area is 135 Å². The SMILES string of the molecule is CC(C)CCCNC(=O)CC(c1ccc(O)cc1)C(C)(C)C. The lowest BCUT2D eigenvalue weighted by atomic mass is 9.74. The molecule has 0 radical (unpaired) electrons. The van der Waals surface area contributed by atoms with Crippen LogP contribution in [0.3, 0.4) is 0 Å². The van der Waals surface area contributed by atoms with Gasteiger partial charge in [-0.3, -0.25) is 4.79 Å². The summed E-state index contributed by atoms with van der Waals surface area (Å²) in [5.41, 5.74) is 1.09. The van der Waals surface area contributed by atoms with E-state index in [0.717, 1.165) is 24.9 Å². The van der Waals surface area contributed by atoms with Crippen molar-refractivity contribution in [1.82, 2.24) is 5.32 Å². The first-order chi connectivity index (χ1) is 10.2. The predicted molar refractivity (Wildman–Crippen MR) is 92.0 cm³/mol. The molecule has 1 amide bonds. The molecule has 1 aromatic carbocycles. The molecule has 3 heteroatoms. The quantitative estimate of drug-likeness (QED) is 0.730. The highest BCUT2D eigenvalue weighted by molar-refractivity contribution is 5.77. The minimum absolute atomic E-state index is 0.00769. The maximum absolute atomic E-state index is 12.2. The normalized spacial score (nSPS) is 13.2. The second kappa shape index (κ2) is 8.21. The highest BCUT2D eigenvalue weighted by Crippen LogP contribution is 2.38. The molecule has 1 unspecified atom stereocenters. The van der Waals surface area contributed by atoms with E-state index in [9.17, 15) is 9.90 Å². The molecule has 0 aliphatic carbocycles. The fourth-order valence-electron chi connectivity index (χ4n) is 2.63. The summed E-state index contributed by atoms with van der Waals surface area (Å²) in [5.74, 6) is 1.18. The van der Waals surface area contributed by atoms with Crippen LogP contribution in [0.15, 0.2) is 24.3 Å². The third kappa shape index (κ3) is 6.50. The Morgan fingerprint density at radius 2 is 1.77 bits per heavy atom. The molecule has 1 atom stereocenters. The molecular weight excluding hydrogens is 274 g/mol. The standard InChI is InChI=1S/C19H31NO2/c1-14(2)7-6-12-20-18(22)13-17(19(3,4)5)15-8-10-16(21)11-9-15/h8-11,14,17,21H,6-7,12-13H2,1-5H3,(H,20,22). The van der Waals surface area contributed by atoms with Crippen molar-refractivity contribution in [2.24, 2.45) is 11.3 Å². The highest BCUT2D eigenvalue weighted by atomic mass is 16.3. The van der Waals surface area contributed by atoms with Gasteiger partial charge < -0.3 is 10.4 Å². The number of phenolic OH excluding ortho intramolecular Hbond substituents is 1. The maximum Gasteiger partial charge on any atom is 0.220 e. The van der Waals surface area contributed by atoms with E-state index in [0.29, 0.717) is 12.3 Å². The molecule has 1 aromatic rings. The Kier molecular flexibility index (Phi) is 6.92. The monoisotopic (exact) mass is 305 g/mol. The lowest BCUT2D eigenvalue weighted by molar-refractivity contribution is -0.122. The van der Waals surface area contributed by atoms with Crippen molar-refractivity contribution in [2.75, 3.05) is 6.54 Å². The third-order valence-corrected chi connectivity index (χ3v) is 4.01. The van der Waals surface area contributed by atoms with Crippen molar-refractivity contribution in [3.05, 3.63) is 29.8 Å². The number of carbonyl (C=O) groups is 1. The second-order valence-corrected chi connectivity index (χ2v) is 7.60. The predicted octanol–water partition coefficient (Wildman–Crippen LogP) is 4.46. The number of hydrogen-bond donors (Lipinski definition) is 2. The first-order valence-electron chi connectivity index (χ1n) is 8.25. The zero-order valence-electron chi connectivity index (χ0n) is 14.6. The summed E-state index contributed by atoms with van der Waals surface area (Å²) >= 11 is 0. The minimum atomic E-state index is -0.00769. The molecule has 0 fully saturated rings. The lowest BCUT2D eigenvalue weighted by Gasteiger charge is -2.31. The van der Waals surface area contributed by atoms with Gasteiger partial charge in [-0.15, -0.1) is 0 Å². The number of nitrogens with one attached hydrogen (secondary N) is 1. The van der Waals surface area contributed by atoms with Gasteiger partial charge in [0.2, 0.25) is 5.91 Å². The van der Waals surface area contributed by atoms with Crippen molar-refractivity contribution in [1.29, 1.82) is 0 Å². The fourth-order valence-corrected chi connectivity index (χ4v) is 2.63. The van der Waals surface area contributed by atoms with E-state index in [2.05, 4.69) is 39.9 Å². The molecule has 1 rings (SSSR count). The number of benzene rings is 1. The largest absolute Gasteiger partial charge is 0.508 e. The molecule has 0 aliphatic rings. The van der Waals surface area contributed by atoms with Gasteiger partial charge in [-0.05, 0) is 47.8 Å². The Morgan fingerprint density at radius 3 is 2.27 bits per heavy atom. The third-order valence-electron chi connectivity index (χ3n) is 4.01. The van der Waals surface area contributed by atoms with Crippen LogP contribution in [0.5, 0.6) is 5.75 Å². The van der Waals surface area contributed by atoms with Crippen LogP contribution in [0.2, 0.25) is 0 Å². The molecule has 3 nitrogen and oxygen atoms in total. The van der Waals surface area contributed by atoms with Crippen LogP contribution < -0.4 is 5.32 Å². The van der Waals surface area contributed by atoms with Crippen LogP contribution in [0.4, 0.5) is 0 Å². The van der Waals surface area contributed by atoms with E-state index in [4.69, 9.17) is 0 Å². The lowest BCUT2D eigenvalue weighted by Crippen LogP contribution is -2.30. The van der Waals surface area contributed by atoms with Gasteiger partial charge in [-0.2, -0.15) is 0 Å². The van der Waals surface area contributed by atoms with Crippen molar-refractivity contribution in [3.8, 4) is 5.75 Å². The van der Waals surface area contributed by atoms with E-state index in [1.54, 1.807) is 12.1 Å². The van der Waals surface area contributed by atoms with Crippen LogP contribution in [0.25, 0.3) is 0 Å². The van der Waals surface area contributed by atoms with Crippen LogP contribution in [-0.4, -0.2) is 17.6 Å². The number of rotatable bonds is 7. The topological polar surface area (TPSA) is 49.3 Å². The summed E-state index contributed by atoms with van der Waals surface area (Å²) in [5, 5.41) is 12.5. The molecule has 0 aromatic heterocycles. The number of amides is 1. The van der Waals surface area contributed by atoms with E-state index in [1.807, 2.05) is 12.1 Å². The van der Waals surface area contributed by atoms with E-state index < -0.39 is 0 Å². The van der Waals surface area contributed by atoms with Crippen molar-refractivity contribution in [2.45, 2.75) is 59.8 Å². The smallest absolute Gasteiger partial charge is 0.220 e. The summed E-state index contributed by atoms with van der Waals surface area (Å²) in [6.07, 6.45) is 2.65. The summed E-state index contributed by atoms with van der Waals surface area (Å²) < 4.78 is 0. The van der Waals surface area contributed by atoms with Gasteiger partial charge in [0.25, 0.3) is 0 Å². The fraction of sp³-hybridized carbons (Fsp3) is 0.632. The van der Waals surface area contributed by atoms with Crippen LogP contribution >= 0.6 is 0 Å². The van der Waals surface area contributed by atoms with Gasteiger partial charge in [-0.1, -0.05) is 46.8 Å². The molecule has 0 aliphatic heterocycles. The molecule has 0 heterocycles. The first-order valence-corrected chi connectivity index (χ1v) is 8.25. The molecule has 0 saturated carbocycles. The number of hydrogen-bond acceptors (Lipinski definition) is 2. The summed E-state index contributed by atoms with van der Waals surface area (Å²) in [7, 11) is 0. The highest BCUT2D eigenvalue weighted by Gasteiger charge is 2.28. The number of aromatic hydroxyl groups is 1. The van der Waals surface area contributed by atoms with E-state index in [-0.39, 0.29) is 23.0 Å². The zero-order valence-corrected chi connectivity index (χ0v) is 14.6. The number of phenols is 1. The summed E-state index contributed by atoms with van der Waals surface area (Å²) in [6, 6.07) is 7.21. The van der Waals surface area contributed by atoms with Gasteiger partial charge in [0.1, 0.15) is 5.75 Å². The van der Waals surface area contributed by atoms with E-state index >= 15 is 0 Å². The Hall–Kier alpha value is -1.51.